The Bertz CT molecular complexity index is 547. The molecule has 2 aromatic heterocycles. The summed E-state index contributed by atoms with van der Waals surface area (Å²) in [5.74, 6) is 1.75. The second kappa shape index (κ2) is 7.09. The summed E-state index contributed by atoms with van der Waals surface area (Å²) in [6, 6.07) is 7.89. The highest BCUT2D eigenvalue weighted by Gasteiger charge is 2.09. The van der Waals surface area contributed by atoms with Gasteiger partial charge in [0.2, 0.25) is 0 Å². The van der Waals surface area contributed by atoms with Crippen LogP contribution in [0.5, 0.6) is 0 Å². The summed E-state index contributed by atoms with van der Waals surface area (Å²) in [5.41, 5.74) is 1.02. The van der Waals surface area contributed by atoms with E-state index in [1.54, 1.807) is 18.0 Å². The van der Waals surface area contributed by atoms with Gasteiger partial charge in [0.25, 0.3) is 0 Å². The minimum Gasteiger partial charge on any atom is -0.370 e. The van der Waals surface area contributed by atoms with E-state index in [4.69, 9.17) is 0 Å². The third kappa shape index (κ3) is 3.84. The van der Waals surface area contributed by atoms with Crippen LogP contribution in [0.4, 0.5) is 11.6 Å². The molecule has 0 amide bonds. The van der Waals surface area contributed by atoms with E-state index in [1.165, 1.54) is 0 Å². The summed E-state index contributed by atoms with van der Waals surface area (Å²) < 4.78 is 0. The lowest BCUT2D eigenvalue weighted by atomic mass is 10.3. The van der Waals surface area contributed by atoms with Crippen LogP contribution in [0.2, 0.25) is 0 Å². The molecule has 0 aliphatic rings. The summed E-state index contributed by atoms with van der Waals surface area (Å²) in [4.78, 5) is 15.4. The van der Waals surface area contributed by atoms with E-state index in [0.717, 1.165) is 35.6 Å². The van der Waals surface area contributed by atoms with E-state index in [9.17, 15) is 0 Å². The van der Waals surface area contributed by atoms with Gasteiger partial charge in [0.1, 0.15) is 11.6 Å². The summed E-state index contributed by atoms with van der Waals surface area (Å²) in [6.07, 6.45) is 3.79. The van der Waals surface area contributed by atoms with Gasteiger partial charge >= 0.3 is 0 Å². The van der Waals surface area contributed by atoms with Gasteiger partial charge in [-0.15, -0.1) is 0 Å². The number of aromatic nitrogens is 3. The molecule has 0 saturated carbocycles. The molecule has 6 heteroatoms. The summed E-state index contributed by atoms with van der Waals surface area (Å²) >= 11 is 1.54. The molecule has 2 rings (SSSR count). The number of nitrogens with zero attached hydrogens (tertiary/aromatic N) is 4. The predicted octanol–water partition coefficient (Wildman–Crippen LogP) is 2.66. The van der Waals surface area contributed by atoms with Gasteiger partial charge in [0.05, 0.1) is 12.2 Å². The van der Waals surface area contributed by atoms with Crippen molar-refractivity contribution in [2.24, 2.45) is 0 Å². The molecule has 20 heavy (non-hydrogen) atoms. The average Bonchev–Trinajstić information content (AvgIpc) is 2.48. The number of thioether (sulfide) groups is 1. The van der Waals surface area contributed by atoms with Crippen molar-refractivity contribution in [1.82, 2.24) is 15.0 Å². The molecule has 2 heterocycles. The Labute approximate surface area is 123 Å². The van der Waals surface area contributed by atoms with Crippen molar-refractivity contribution in [3.63, 3.8) is 0 Å². The zero-order valence-corrected chi connectivity index (χ0v) is 12.8. The fourth-order valence-corrected chi connectivity index (χ4v) is 2.16. The highest BCUT2D eigenvalue weighted by Crippen LogP contribution is 2.20. The van der Waals surface area contributed by atoms with E-state index >= 15 is 0 Å². The van der Waals surface area contributed by atoms with Crippen LogP contribution in [0.15, 0.2) is 35.6 Å². The predicted molar refractivity (Wildman–Crippen MR) is 84.3 cm³/mol. The zero-order valence-electron chi connectivity index (χ0n) is 12.0. The molecule has 0 radical (unpaired) electrons. The monoisotopic (exact) mass is 289 g/mol. The van der Waals surface area contributed by atoms with Crippen LogP contribution in [0.1, 0.15) is 12.6 Å². The number of anilines is 2. The van der Waals surface area contributed by atoms with Gasteiger partial charge < -0.3 is 10.2 Å². The average molecular weight is 289 g/mol. The first-order valence-corrected chi connectivity index (χ1v) is 7.73. The molecule has 0 fully saturated rings. The van der Waals surface area contributed by atoms with Gasteiger partial charge in [0, 0.05) is 25.9 Å². The van der Waals surface area contributed by atoms with Crippen molar-refractivity contribution in [3.05, 3.63) is 36.2 Å². The lowest BCUT2D eigenvalue weighted by Gasteiger charge is -2.19. The maximum atomic E-state index is 4.54. The Kier molecular flexibility index (Phi) is 5.17. The van der Waals surface area contributed by atoms with Crippen LogP contribution in [-0.2, 0) is 6.54 Å². The fraction of sp³-hybridized carbons (Fsp3) is 0.357. The van der Waals surface area contributed by atoms with E-state index in [1.807, 2.05) is 37.6 Å². The lowest BCUT2D eigenvalue weighted by Crippen LogP contribution is -2.19. The van der Waals surface area contributed by atoms with Crippen molar-refractivity contribution in [2.45, 2.75) is 18.6 Å². The molecular weight excluding hydrogens is 270 g/mol. The van der Waals surface area contributed by atoms with Crippen LogP contribution in [0, 0.1) is 0 Å². The van der Waals surface area contributed by atoms with E-state index < -0.39 is 0 Å². The Morgan fingerprint density at radius 2 is 2.15 bits per heavy atom. The molecule has 106 valence electrons. The maximum Gasteiger partial charge on any atom is 0.191 e. The molecular formula is C14H19N5S. The zero-order chi connectivity index (χ0) is 14.4. The van der Waals surface area contributed by atoms with Crippen molar-refractivity contribution in [1.29, 1.82) is 0 Å². The normalized spacial score (nSPS) is 10.3. The van der Waals surface area contributed by atoms with Gasteiger partial charge in [-0.05, 0) is 25.3 Å². The summed E-state index contributed by atoms with van der Waals surface area (Å²) in [5, 5.41) is 4.00. The van der Waals surface area contributed by atoms with Crippen LogP contribution in [0.3, 0.4) is 0 Å². The Morgan fingerprint density at radius 3 is 2.80 bits per heavy atom. The Hall–Kier alpha value is -1.82. The van der Waals surface area contributed by atoms with Crippen molar-refractivity contribution >= 4 is 23.4 Å². The number of hydrogen-bond acceptors (Lipinski definition) is 6. The van der Waals surface area contributed by atoms with E-state index in [-0.39, 0.29) is 0 Å². The molecule has 0 bridgehead atoms. The topological polar surface area (TPSA) is 53.9 Å². The number of nitrogens with one attached hydrogen (secondary N) is 1. The van der Waals surface area contributed by atoms with Gasteiger partial charge in [-0.3, -0.25) is 4.98 Å². The van der Waals surface area contributed by atoms with Crippen molar-refractivity contribution in [2.75, 3.05) is 30.1 Å². The van der Waals surface area contributed by atoms with Crippen molar-refractivity contribution < 1.29 is 0 Å². The fourth-order valence-electron chi connectivity index (χ4n) is 1.79. The SMILES string of the molecule is CCNc1cc(N(C)Cc2ccccn2)nc(SC)n1. The minimum absolute atomic E-state index is 0.719. The van der Waals surface area contributed by atoms with Crippen molar-refractivity contribution in [3.8, 4) is 0 Å². The molecule has 0 atom stereocenters. The van der Waals surface area contributed by atoms with E-state index in [0.29, 0.717) is 0 Å². The van der Waals surface area contributed by atoms with Gasteiger partial charge in [0.15, 0.2) is 5.16 Å². The number of rotatable bonds is 6. The first-order chi connectivity index (χ1) is 9.72. The molecule has 0 aromatic carbocycles. The number of pyridine rings is 1. The molecule has 0 saturated heterocycles. The lowest BCUT2D eigenvalue weighted by molar-refractivity contribution is 0.836. The standard InChI is InChI=1S/C14H19N5S/c1-4-15-12-9-13(18-14(17-12)20-3)19(2)10-11-7-5-6-8-16-11/h5-9H,4,10H2,1-3H3,(H,15,17,18). The first-order valence-electron chi connectivity index (χ1n) is 6.51. The van der Waals surface area contributed by atoms with Crippen LogP contribution in [-0.4, -0.2) is 34.8 Å². The number of hydrogen-bond donors (Lipinski definition) is 1. The molecule has 5 nitrogen and oxygen atoms in total. The van der Waals surface area contributed by atoms with Crippen LogP contribution >= 0.6 is 11.8 Å². The van der Waals surface area contributed by atoms with Crippen LogP contribution < -0.4 is 10.2 Å². The summed E-state index contributed by atoms with van der Waals surface area (Å²) in [7, 11) is 2.01. The molecule has 2 aromatic rings. The maximum absolute atomic E-state index is 4.54. The second-order valence-corrected chi connectivity index (χ2v) is 5.08. The quantitative estimate of drug-likeness (QED) is 0.652. The molecule has 0 aliphatic heterocycles. The smallest absolute Gasteiger partial charge is 0.191 e. The summed E-state index contributed by atoms with van der Waals surface area (Å²) in [6.45, 7) is 3.61. The minimum atomic E-state index is 0.719. The Morgan fingerprint density at radius 1 is 1.30 bits per heavy atom. The molecule has 1 N–H and O–H groups in total. The van der Waals surface area contributed by atoms with Crippen LogP contribution in [0.25, 0.3) is 0 Å². The van der Waals surface area contributed by atoms with Gasteiger partial charge in [-0.1, -0.05) is 17.8 Å². The third-order valence-corrected chi connectivity index (χ3v) is 3.30. The highest BCUT2D eigenvalue weighted by molar-refractivity contribution is 7.98. The molecule has 0 spiro atoms. The molecule has 0 aliphatic carbocycles. The van der Waals surface area contributed by atoms with Gasteiger partial charge in [-0.2, -0.15) is 0 Å². The van der Waals surface area contributed by atoms with Gasteiger partial charge in [-0.25, -0.2) is 9.97 Å². The third-order valence-electron chi connectivity index (χ3n) is 2.75. The first kappa shape index (κ1) is 14.6. The Balaban J connectivity index is 2.19. The molecule has 0 unspecified atom stereocenters. The second-order valence-electron chi connectivity index (χ2n) is 4.31. The highest BCUT2D eigenvalue weighted by atomic mass is 32.2. The van der Waals surface area contributed by atoms with E-state index in [2.05, 4.69) is 32.1 Å². The largest absolute Gasteiger partial charge is 0.370 e.